The van der Waals surface area contributed by atoms with Gasteiger partial charge < -0.3 is 10.1 Å². The Kier molecular flexibility index (Phi) is 4.50. The topological polar surface area (TPSA) is 51.2 Å². The van der Waals surface area contributed by atoms with Crippen LogP contribution in [0.2, 0.25) is 0 Å². The van der Waals surface area contributed by atoms with Crippen LogP contribution in [0.1, 0.15) is 23.2 Å². The van der Waals surface area contributed by atoms with Crippen molar-refractivity contribution in [3.8, 4) is 0 Å². The summed E-state index contributed by atoms with van der Waals surface area (Å²) in [6.45, 7) is 2.26. The molecule has 5 heteroatoms. The molecule has 0 bridgehead atoms. The van der Waals surface area contributed by atoms with E-state index in [1.165, 1.54) is 0 Å². The van der Waals surface area contributed by atoms with Gasteiger partial charge in [0.25, 0.3) is 5.91 Å². The summed E-state index contributed by atoms with van der Waals surface area (Å²) in [4.78, 5) is 15.9. The van der Waals surface area contributed by atoms with Crippen molar-refractivity contribution in [2.24, 2.45) is 5.92 Å². The van der Waals surface area contributed by atoms with E-state index >= 15 is 0 Å². The number of aromatic nitrogens is 1. The van der Waals surface area contributed by atoms with Crippen molar-refractivity contribution in [2.45, 2.75) is 12.8 Å². The molecule has 1 N–H and O–H groups in total. The van der Waals surface area contributed by atoms with E-state index in [4.69, 9.17) is 4.74 Å². The van der Waals surface area contributed by atoms with E-state index in [9.17, 15) is 4.79 Å². The van der Waals surface area contributed by atoms with Gasteiger partial charge in [-0.05, 0) is 46.8 Å². The van der Waals surface area contributed by atoms with E-state index in [0.29, 0.717) is 22.6 Å². The maximum atomic E-state index is 11.9. The summed E-state index contributed by atoms with van der Waals surface area (Å²) >= 11 is 3.27. The highest BCUT2D eigenvalue weighted by atomic mass is 79.9. The van der Waals surface area contributed by atoms with Crippen LogP contribution >= 0.6 is 15.9 Å². The Bertz CT molecular complexity index is 392. The first kappa shape index (κ1) is 12.5. The number of carbonyl (C=O) groups excluding carboxylic acids is 1. The van der Waals surface area contributed by atoms with Crippen LogP contribution in [-0.4, -0.2) is 30.6 Å². The van der Waals surface area contributed by atoms with E-state index in [1.54, 1.807) is 18.3 Å². The Labute approximate surface area is 109 Å². The third kappa shape index (κ3) is 3.51. The molecule has 1 unspecified atom stereocenters. The summed E-state index contributed by atoms with van der Waals surface area (Å²) in [5.74, 6) is 0.346. The SMILES string of the molecule is O=C(NCC1CCCOC1)c1cccnc1Br. The standard InChI is InChI=1S/C12H15BrN2O2/c13-11-10(4-1-5-14-11)12(16)15-7-9-3-2-6-17-8-9/h1,4-5,9H,2-3,6-8H2,(H,15,16). The molecule has 2 rings (SSSR count). The van der Waals surface area contributed by atoms with Crippen LogP contribution in [0.3, 0.4) is 0 Å². The van der Waals surface area contributed by atoms with E-state index in [-0.39, 0.29) is 5.91 Å². The summed E-state index contributed by atoms with van der Waals surface area (Å²) < 4.78 is 5.95. The average molecular weight is 299 g/mol. The van der Waals surface area contributed by atoms with Gasteiger partial charge in [0.15, 0.2) is 0 Å². The molecule has 1 aromatic heterocycles. The van der Waals surface area contributed by atoms with Gasteiger partial charge in [0.2, 0.25) is 0 Å². The van der Waals surface area contributed by atoms with Crippen LogP contribution in [0, 0.1) is 5.92 Å². The van der Waals surface area contributed by atoms with Gasteiger partial charge in [-0.25, -0.2) is 4.98 Å². The molecule has 0 saturated carbocycles. The minimum Gasteiger partial charge on any atom is -0.381 e. The van der Waals surface area contributed by atoms with Crippen molar-refractivity contribution in [2.75, 3.05) is 19.8 Å². The molecular weight excluding hydrogens is 284 g/mol. The van der Waals surface area contributed by atoms with E-state index < -0.39 is 0 Å². The van der Waals surface area contributed by atoms with Gasteiger partial charge in [0.1, 0.15) is 4.60 Å². The van der Waals surface area contributed by atoms with Crippen molar-refractivity contribution >= 4 is 21.8 Å². The molecule has 1 saturated heterocycles. The Morgan fingerprint density at radius 1 is 1.65 bits per heavy atom. The van der Waals surface area contributed by atoms with Crippen molar-refractivity contribution in [1.82, 2.24) is 10.3 Å². The zero-order valence-electron chi connectivity index (χ0n) is 9.49. The zero-order valence-corrected chi connectivity index (χ0v) is 11.1. The number of rotatable bonds is 3. The Hall–Kier alpha value is -0.940. The van der Waals surface area contributed by atoms with Gasteiger partial charge in [-0.3, -0.25) is 4.79 Å². The quantitative estimate of drug-likeness (QED) is 0.869. The number of pyridine rings is 1. The molecular formula is C12H15BrN2O2. The van der Waals surface area contributed by atoms with Gasteiger partial charge in [-0.2, -0.15) is 0 Å². The van der Waals surface area contributed by atoms with Crippen LogP contribution in [0.15, 0.2) is 22.9 Å². The first-order valence-electron chi connectivity index (χ1n) is 5.74. The summed E-state index contributed by atoms with van der Waals surface area (Å²) in [5, 5.41) is 2.92. The number of nitrogens with one attached hydrogen (secondary N) is 1. The summed E-state index contributed by atoms with van der Waals surface area (Å²) in [5.41, 5.74) is 0.573. The van der Waals surface area contributed by atoms with Crippen LogP contribution in [0.25, 0.3) is 0 Å². The lowest BCUT2D eigenvalue weighted by Gasteiger charge is -2.22. The Morgan fingerprint density at radius 3 is 3.24 bits per heavy atom. The second kappa shape index (κ2) is 6.12. The van der Waals surface area contributed by atoms with Crippen LogP contribution in [-0.2, 0) is 4.74 Å². The molecule has 0 aromatic carbocycles. The highest BCUT2D eigenvalue weighted by Gasteiger charge is 2.16. The van der Waals surface area contributed by atoms with Gasteiger partial charge in [0.05, 0.1) is 12.2 Å². The lowest BCUT2D eigenvalue weighted by Crippen LogP contribution is -2.33. The van der Waals surface area contributed by atoms with Crippen molar-refractivity contribution in [3.63, 3.8) is 0 Å². The molecule has 0 aliphatic carbocycles. The molecule has 1 aliphatic heterocycles. The maximum Gasteiger partial charge on any atom is 0.254 e. The second-order valence-corrected chi connectivity index (χ2v) is 4.89. The fraction of sp³-hybridized carbons (Fsp3) is 0.500. The number of hydrogen-bond acceptors (Lipinski definition) is 3. The number of halogens is 1. The molecule has 4 nitrogen and oxygen atoms in total. The van der Waals surface area contributed by atoms with Crippen molar-refractivity contribution < 1.29 is 9.53 Å². The summed E-state index contributed by atoms with van der Waals surface area (Å²) in [6.07, 6.45) is 3.85. The average Bonchev–Trinajstić information content (AvgIpc) is 2.38. The smallest absolute Gasteiger partial charge is 0.254 e. The molecule has 2 heterocycles. The fourth-order valence-electron chi connectivity index (χ4n) is 1.86. The molecule has 0 spiro atoms. The lowest BCUT2D eigenvalue weighted by atomic mass is 10.0. The van der Waals surface area contributed by atoms with Crippen molar-refractivity contribution in [3.05, 3.63) is 28.5 Å². The molecule has 17 heavy (non-hydrogen) atoms. The zero-order chi connectivity index (χ0) is 12.1. The molecule has 1 fully saturated rings. The molecule has 1 atom stereocenters. The minimum atomic E-state index is -0.0875. The summed E-state index contributed by atoms with van der Waals surface area (Å²) in [6, 6.07) is 3.51. The van der Waals surface area contributed by atoms with Gasteiger partial charge in [-0.15, -0.1) is 0 Å². The molecule has 1 aromatic rings. The van der Waals surface area contributed by atoms with Crippen LogP contribution in [0.5, 0.6) is 0 Å². The highest BCUT2D eigenvalue weighted by Crippen LogP contribution is 2.14. The predicted octanol–water partition coefficient (Wildman–Crippen LogP) is 2.00. The van der Waals surface area contributed by atoms with Crippen LogP contribution < -0.4 is 5.32 Å². The largest absolute Gasteiger partial charge is 0.381 e. The number of nitrogens with zero attached hydrogens (tertiary/aromatic N) is 1. The third-order valence-corrected chi connectivity index (χ3v) is 3.44. The van der Waals surface area contributed by atoms with Gasteiger partial charge in [0, 0.05) is 19.3 Å². The molecule has 1 amide bonds. The first-order chi connectivity index (χ1) is 8.27. The van der Waals surface area contributed by atoms with Crippen molar-refractivity contribution in [1.29, 1.82) is 0 Å². The molecule has 1 aliphatic rings. The first-order valence-corrected chi connectivity index (χ1v) is 6.53. The third-order valence-electron chi connectivity index (χ3n) is 2.81. The number of hydrogen-bond donors (Lipinski definition) is 1. The number of ether oxygens (including phenoxy) is 1. The number of amides is 1. The van der Waals surface area contributed by atoms with E-state index in [0.717, 1.165) is 26.1 Å². The monoisotopic (exact) mass is 298 g/mol. The van der Waals surface area contributed by atoms with Gasteiger partial charge >= 0.3 is 0 Å². The van der Waals surface area contributed by atoms with E-state index in [1.807, 2.05) is 0 Å². The second-order valence-electron chi connectivity index (χ2n) is 4.13. The van der Waals surface area contributed by atoms with Gasteiger partial charge in [-0.1, -0.05) is 0 Å². The Balaban J connectivity index is 1.87. The van der Waals surface area contributed by atoms with E-state index in [2.05, 4.69) is 26.2 Å². The number of carbonyl (C=O) groups is 1. The summed E-state index contributed by atoms with van der Waals surface area (Å²) in [7, 11) is 0. The molecule has 0 radical (unpaired) electrons. The minimum absolute atomic E-state index is 0.0875. The maximum absolute atomic E-state index is 11.9. The lowest BCUT2D eigenvalue weighted by molar-refractivity contribution is 0.0536. The highest BCUT2D eigenvalue weighted by molar-refractivity contribution is 9.10. The molecule has 92 valence electrons. The Morgan fingerprint density at radius 2 is 2.53 bits per heavy atom. The van der Waals surface area contributed by atoms with Crippen LogP contribution in [0.4, 0.5) is 0 Å². The predicted molar refractivity (Wildman–Crippen MR) is 67.8 cm³/mol. The fourth-order valence-corrected chi connectivity index (χ4v) is 2.29. The normalized spacial score (nSPS) is 19.9.